The number of carbonyl (C=O) groups excluding carboxylic acids is 1. The summed E-state index contributed by atoms with van der Waals surface area (Å²) in [6.07, 6.45) is 0.672. The fraction of sp³-hybridized carbons (Fsp3) is 0.300. The van der Waals surface area contributed by atoms with Crippen LogP contribution >= 0.6 is 15.9 Å². The molecule has 1 nitrogen and oxygen atoms in total. The first kappa shape index (κ1) is 10.4. The van der Waals surface area contributed by atoms with Crippen LogP contribution in [0.5, 0.6) is 0 Å². The monoisotopic (exact) mass is 244 g/mol. The zero-order chi connectivity index (χ0) is 9.84. The Morgan fingerprint density at radius 1 is 1.54 bits per heavy atom. The number of ketones is 1. The number of Topliss-reactive ketones (excluding diaryl/α,β-unsaturated/α-hetero) is 1. The number of hydrogen-bond donors (Lipinski definition) is 0. The Morgan fingerprint density at radius 3 is 2.77 bits per heavy atom. The molecule has 0 N–H and O–H groups in total. The van der Waals surface area contributed by atoms with E-state index in [-0.39, 0.29) is 16.9 Å². The molecule has 0 saturated carbocycles. The van der Waals surface area contributed by atoms with Crippen molar-refractivity contribution < 1.29 is 9.18 Å². The third-order valence-electron chi connectivity index (χ3n) is 1.87. The minimum atomic E-state index is -0.289. The van der Waals surface area contributed by atoms with Gasteiger partial charge in [-0.05, 0) is 30.2 Å². The van der Waals surface area contributed by atoms with Gasteiger partial charge < -0.3 is 0 Å². The van der Waals surface area contributed by atoms with Crippen molar-refractivity contribution in [1.82, 2.24) is 0 Å². The Hall–Kier alpha value is -0.700. The molecular formula is C10H10BrFO. The van der Waals surface area contributed by atoms with Gasteiger partial charge >= 0.3 is 0 Å². The van der Waals surface area contributed by atoms with E-state index >= 15 is 0 Å². The number of alkyl halides is 1. The van der Waals surface area contributed by atoms with Crippen molar-refractivity contribution in [2.45, 2.75) is 13.3 Å². The van der Waals surface area contributed by atoms with E-state index in [0.29, 0.717) is 12.0 Å². The van der Waals surface area contributed by atoms with Crippen LogP contribution in [0.25, 0.3) is 0 Å². The maximum absolute atomic E-state index is 12.8. The quantitative estimate of drug-likeness (QED) is 0.591. The summed E-state index contributed by atoms with van der Waals surface area (Å²) in [6.45, 7) is 1.90. The third-order valence-corrected chi connectivity index (χ3v) is 2.38. The predicted octanol–water partition coefficient (Wildman–Crippen LogP) is 2.97. The van der Waals surface area contributed by atoms with E-state index in [4.69, 9.17) is 0 Å². The second kappa shape index (κ2) is 4.51. The lowest BCUT2D eigenvalue weighted by Crippen LogP contribution is -2.04. The summed E-state index contributed by atoms with van der Waals surface area (Å²) in [5, 5.41) is 0.283. The van der Waals surface area contributed by atoms with Crippen LogP contribution in [0.1, 0.15) is 22.8 Å². The summed E-state index contributed by atoms with van der Waals surface area (Å²) >= 11 is 3.09. The molecule has 0 bridgehead atoms. The van der Waals surface area contributed by atoms with Gasteiger partial charge in [0.15, 0.2) is 5.78 Å². The normalized spacial score (nSPS) is 10.1. The largest absolute Gasteiger partial charge is 0.293 e. The van der Waals surface area contributed by atoms with Crippen LogP contribution in [0.2, 0.25) is 0 Å². The Morgan fingerprint density at radius 2 is 2.23 bits per heavy atom. The number of hydrogen-bond acceptors (Lipinski definition) is 1. The summed E-state index contributed by atoms with van der Waals surface area (Å²) in [5.74, 6) is -0.292. The highest BCUT2D eigenvalue weighted by atomic mass is 79.9. The van der Waals surface area contributed by atoms with E-state index in [1.165, 1.54) is 18.2 Å². The first-order chi connectivity index (χ1) is 6.19. The van der Waals surface area contributed by atoms with E-state index in [1.807, 2.05) is 6.92 Å². The van der Waals surface area contributed by atoms with Crippen LogP contribution in [0, 0.1) is 5.82 Å². The average Bonchev–Trinajstić information content (AvgIpc) is 2.16. The number of carbonyl (C=O) groups is 1. The molecule has 70 valence electrons. The van der Waals surface area contributed by atoms with Crippen molar-refractivity contribution in [3.63, 3.8) is 0 Å². The first-order valence-electron chi connectivity index (χ1n) is 4.06. The minimum Gasteiger partial charge on any atom is -0.293 e. The van der Waals surface area contributed by atoms with Crippen molar-refractivity contribution in [1.29, 1.82) is 0 Å². The fourth-order valence-electron chi connectivity index (χ4n) is 1.20. The van der Waals surface area contributed by atoms with E-state index in [9.17, 15) is 9.18 Å². The molecule has 0 aromatic heterocycles. The molecule has 1 aromatic carbocycles. The van der Waals surface area contributed by atoms with Crippen LogP contribution in [0.3, 0.4) is 0 Å². The van der Waals surface area contributed by atoms with Gasteiger partial charge in [0.05, 0.1) is 5.33 Å². The summed E-state index contributed by atoms with van der Waals surface area (Å²) in [4.78, 5) is 11.3. The van der Waals surface area contributed by atoms with Crippen molar-refractivity contribution in [2.75, 3.05) is 5.33 Å². The Balaban J connectivity index is 3.13. The third kappa shape index (κ3) is 2.37. The van der Waals surface area contributed by atoms with E-state index in [0.717, 1.165) is 5.56 Å². The maximum atomic E-state index is 12.8. The smallest absolute Gasteiger partial charge is 0.173 e. The second-order valence-electron chi connectivity index (χ2n) is 2.71. The van der Waals surface area contributed by atoms with Gasteiger partial charge in [0, 0.05) is 5.56 Å². The molecule has 0 spiro atoms. The number of aryl methyl sites for hydroxylation is 1. The topological polar surface area (TPSA) is 17.1 Å². The SMILES string of the molecule is CCc1cc(F)ccc1C(=O)CBr. The maximum Gasteiger partial charge on any atom is 0.173 e. The highest BCUT2D eigenvalue weighted by Crippen LogP contribution is 2.13. The Bertz CT molecular complexity index is 323. The molecule has 0 aliphatic heterocycles. The van der Waals surface area contributed by atoms with E-state index < -0.39 is 0 Å². The lowest BCUT2D eigenvalue weighted by molar-refractivity contribution is 0.102. The summed E-state index contributed by atoms with van der Waals surface area (Å²) in [7, 11) is 0. The van der Waals surface area contributed by atoms with Crippen LogP contribution < -0.4 is 0 Å². The molecule has 1 aromatic rings. The predicted molar refractivity (Wildman–Crippen MR) is 53.9 cm³/mol. The van der Waals surface area contributed by atoms with Gasteiger partial charge in [0.2, 0.25) is 0 Å². The second-order valence-corrected chi connectivity index (χ2v) is 3.27. The van der Waals surface area contributed by atoms with Crippen molar-refractivity contribution in [3.8, 4) is 0 Å². The van der Waals surface area contributed by atoms with Crippen molar-refractivity contribution in [3.05, 3.63) is 35.1 Å². The van der Waals surface area contributed by atoms with E-state index in [1.54, 1.807) is 0 Å². The Labute approximate surface area is 85.1 Å². The highest BCUT2D eigenvalue weighted by Gasteiger charge is 2.09. The molecule has 0 heterocycles. The van der Waals surface area contributed by atoms with Gasteiger partial charge in [-0.3, -0.25) is 4.79 Å². The molecule has 0 atom stereocenters. The molecular weight excluding hydrogens is 235 g/mol. The molecule has 1 rings (SSSR count). The zero-order valence-electron chi connectivity index (χ0n) is 7.31. The van der Waals surface area contributed by atoms with Crippen LogP contribution in [0.4, 0.5) is 4.39 Å². The van der Waals surface area contributed by atoms with Gasteiger partial charge in [-0.1, -0.05) is 22.9 Å². The molecule has 0 radical (unpaired) electrons. The van der Waals surface area contributed by atoms with Gasteiger partial charge in [-0.15, -0.1) is 0 Å². The number of benzene rings is 1. The van der Waals surface area contributed by atoms with Crippen LogP contribution in [-0.4, -0.2) is 11.1 Å². The minimum absolute atomic E-state index is 0.00292. The molecule has 0 saturated heterocycles. The first-order valence-corrected chi connectivity index (χ1v) is 5.18. The summed E-state index contributed by atoms with van der Waals surface area (Å²) < 4.78 is 12.8. The Kier molecular flexibility index (Phi) is 3.60. The lowest BCUT2D eigenvalue weighted by Gasteiger charge is -2.04. The van der Waals surface area contributed by atoms with E-state index in [2.05, 4.69) is 15.9 Å². The molecule has 0 amide bonds. The zero-order valence-corrected chi connectivity index (χ0v) is 8.90. The van der Waals surface area contributed by atoms with Crippen molar-refractivity contribution in [2.24, 2.45) is 0 Å². The molecule has 0 aliphatic carbocycles. The average molecular weight is 245 g/mol. The van der Waals surface area contributed by atoms with Gasteiger partial charge in [0.1, 0.15) is 5.82 Å². The van der Waals surface area contributed by atoms with Crippen LogP contribution in [0.15, 0.2) is 18.2 Å². The summed E-state index contributed by atoms with van der Waals surface area (Å²) in [5.41, 5.74) is 1.38. The number of halogens is 2. The van der Waals surface area contributed by atoms with Gasteiger partial charge in [-0.25, -0.2) is 4.39 Å². The van der Waals surface area contributed by atoms with Gasteiger partial charge in [0.25, 0.3) is 0 Å². The highest BCUT2D eigenvalue weighted by molar-refractivity contribution is 9.09. The molecule has 0 unspecified atom stereocenters. The molecule has 13 heavy (non-hydrogen) atoms. The summed E-state index contributed by atoms with van der Waals surface area (Å²) in [6, 6.07) is 4.27. The van der Waals surface area contributed by atoms with Crippen molar-refractivity contribution >= 4 is 21.7 Å². The molecule has 0 aliphatic rings. The molecule has 0 fully saturated rings. The standard InChI is InChI=1S/C10H10BrFO/c1-2-7-5-8(12)3-4-9(7)10(13)6-11/h3-5H,2,6H2,1H3. The molecule has 3 heteroatoms. The number of rotatable bonds is 3. The lowest BCUT2D eigenvalue weighted by atomic mass is 10.0. The van der Waals surface area contributed by atoms with Gasteiger partial charge in [-0.2, -0.15) is 0 Å². The van der Waals surface area contributed by atoms with Crippen LogP contribution in [-0.2, 0) is 6.42 Å². The fourth-order valence-corrected chi connectivity index (χ4v) is 1.50.